The van der Waals surface area contributed by atoms with Gasteiger partial charge < -0.3 is 9.84 Å². The number of rotatable bonds is 4. The van der Waals surface area contributed by atoms with Gasteiger partial charge in [0.15, 0.2) is 6.23 Å². The van der Waals surface area contributed by atoms with Crippen molar-refractivity contribution in [3.05, 3.63) is 0 Å². The van der Waals surface area contributed by atoms with Crippen molar-refractivity contribution in [1.82, 2.24) is 10.8 Å². The lowest BCUT2D eigenvalue weighted by molar-refractivity contribution is -0.143. The van der Waals surface area contributed by atoms with Crippen LogP contribution in [0.2, 0.25) is 0 Å². The Hall–Kier alpha value is -0.690. The molecule has 6 heteroatoms. The standard InChI is InChI=1S/C11H20N2O4/c1-16-6-9-12-10(13-17-9)7-3-2-4-8(5-7)11(14)15/h7-10,12-13H,2-6H2,1H3,(H,14,15). The van der Waals surface area contributed by atoms with Crippen LogP contribution in [0, 0.1) is 11.8 Å². The summed E-state index contributed by atoms with van der Waals surface area (Å²) in [6, 6.07) is 0. The largest absolute Gasteiger partial charge is 0.481 e. The molecule has 4 atom stereocenters. The minimum Gasteiger partial charge on any atom is -0.481 e. The van der Waals surface area contributed by atoms with Crippen molar-refractivity contribution < 1.29 is 19.5 Å². The van der Waals surface area contributed by atoms with Gasteiger partial charge >= 0.3 is 5.97 Å². The molecule has 1 aliphatic carbocycles. The summed E-state index contributed by atoms with van der Waals surface area (Å²) < 4.78 is 5.00. The molecular formula is C11H20N2O4. The summed E-state index contributed by atoms with van der Waals surface area (Å²) in [5, 5.41) is 12.3. The van der Waals surface area contributed by atoms with E-state index in [0.717, 1.165) is 19.3 Å². The van der Waals surface area contributed by atoms with Crippen LogP contribution in [-0.2, 0) is 14.4 Å². The summed E-state index contributed by atoms with van der Waals surface area (Å²) in [6.45, 7) is 0.485. The van der Waals surface area contributed by atoms with Gasteiger partial charge in [-0.3, -0.25) is 14.9 Å². The van der Waals surface area contributed by atoms with Gasteiger partial charge in [-0.15, -0.1) is 0 Å². The Labute approximate surface area is 101 Å². The minimum atomic E-state index is -0.679. The van der Waals surface area contributed by atoms with Crippen molar-refractivity contribution in [1.29, 1.82) is 0 Å². The lowest BCUT2D eigenvalue weighted by Crippen LogP contribution is -2.43. The number of hydroxylamine groups is 1. The molecule has 0 spiro atoms. The van der Waals surface area contributed by atoms with E-state index in [1.807, 2.05) is 0 Å². The third-order valence-corrected chi connectivity index (χ3v) is 3.56. The normalized spacial score (nSPS) is 38.2. The van der Waals surface area contributed by atoms with E-state index < -0.39 is 5.97 Å². The number of ether oxygens (including phenoxy) is 1. The summed E-state index contributed by atoms with van der Waals surface area (Å²) in [5.41, 5.74) is 2.94. The fourth-order valence-corrected chi connectivity index (χ4v) is 2.64. The molecule has 0 bridgehead atoms. The molecule has 6 nitrogen and oxygen atoms in total. The Morgan fingerprint density at radius 2 is 2.35 bits per heavy atom. The number of nitrogens with one attached hydrogen (secondary N) is 2. The first-order valence-corrected chi connectivity index (χ1v) is 6.09. The van der Waals surface area contributed by atoms with Crippen molar-refractivity contribution in [3.8, 4) is 0 Å². The quantitative estimate of drug-likeness (QED) is 0.660. The van der Waals surface area contributed by atoms with Crippen LogP contribution in [0.4, 0.5) is 0 Å². The van der Waals surface area contributed by atoms with Crippen molar-refractivity contribution in [2.75, 3.05) is 13.7 Å². The molecule has 1 aliphatic heterocycles. The Morgan fingerprint density at radius 3 is 3.06 bits per heavy atom. The first kappa shape index (κ1) is 12.8. The predicted octanol–water partition coefficient (Wildman–Crippen LogP) is 0.300. The van der Waals surface area contributed by atoms with E-state index in [0.29, 0.717) is 18.9 Å². The summed E-state index contributed by atoms with van der Waals surface area (Å²) in [7, 11) is 1.62. The number of carbonyl (C=O) groups is 1. The zero-order valence-corrected chi connectivity index (χ0v) is 10.0. The number of carboxylic acids is 1. The fraction of sp³-hybridized carbons (Fsp3) is 0.909. The number of carboxylic acid groups (broad SMARTS) is 1. The number of hydrogen-bond acceptors (Lipinski definition) is 5. The topological polar surface area (TPSA) is 79.8 Å². The minimum absolute atomic E-state index is 0.0392. The SMILES string of the molecule is COCC1NC(C2CCCC(C(=O)O)C2)NO1. The van der Waals surface area contributed by atoms with Crippen molar-refractivity contribution in [2.24, 2.45) is 11.8 Å². The lowest BCUT2D eigenvalue weighted by Gasteiger charge is -2.30. The number of hydrogen-bond donors (Lipinski definition) is 3. The summed E-state index contributed by atoms with van der Waals surface area (Å²) in [6.07, 6.45) is 3.41. The highest BCUT2D eigenvalue weighted by Crippen LogP contribution is 2.31. The molecule has 4 unspecified atom stereocenters. The predicted molar refractivity (Wildman–Crippen MR) is 59.9 cm³/mol. The second-order valence-electron chi connectivity index (χ2n) is 4.79. The van der Waals surface area contributed by atoms with Gasteiger partial charge in [-0.25, -0.2) is 0 Å². The van der Waals surface area contributed by atoms with Crippen molar-refractivity contribution >= 4 is 5.97 Å². The third-order valence-electron chi connectivity index (χ3n) is 3.56. The van der Waals surface area contributed by atoms with E-state index in [2.05, 4.69) is 10.8 Å². The van der Waals surface area contributed by atoms with Gasteiger partial charge in [0, 0.05) is 7.11 Å². The first-order valence-electron chi connectivity index (χ1n) is 6.09. The van der Waals surface area contributed by atoms with Crippen molar-refractivity contribution in [3.63, 3.8) is 0 Å². The smallest absolute Gasteiger partial charge is 0.306 e. The highest BCUT2D eigenvalue weighted by molar-refractivity contribution is 5.70. The number of aliphatic carboxylic acids is 1. The van der Waals surface area contributed by atoms with E-state index in [1.165, 1.54) is 0 Å². The molecule has 1 heterocycles. The maximum absolute atomic E-state index is 11.0. The molecule has 1 saturated carbocycles. The van der Waals surface area contributed by atoms with Crippen LogP contribution >= 0.6 is 0 Å². The van der Waals surface area contributed by atoms with Gasteiger partial charge in [-0.1, -0.05) is 6.42 Å². The second kappa shape index (κ2) is 5.77. The molecule has 0 radical (unpaired) electrons. The van der Waals surface area contributed by atoms with Gasteiger partial charge in [-0.2, -0.15) is 5.48 Å². The molecule has 0 aromatic carbocycles. The van der Waals surface area contributed by atoms with Crippen LogP contribution < -0.4 is 10.8 Å². The summed E-state index contributed by atoms with van der Waals surface area (Å²) >= 11 is 0. The molecule has 1 saturated heterocycles. The van der Waals surface area contributed by atoms with Gasteiger partial charge in [-0.05, 0) is 25.2 Å². The van der Waals surface area contributed by atoms with Gasteiger partial charge in [0.25, 0.3) is 0 Å². The van der Waals surface area contributed by atoms with Crippen LogP contribution in [-0.4, -0.2) is 37.2 Å². The van der Waals surface area contributed by atoms with Crippen LogP contribution in [0.3, 0.4) is 0 Å². The average Bonchev–Trinajstić information content (AvgIpc) is 2.78. The monoisotopic (exact) mass is 244 g/mol. The molecule has 2 rings (SSSR count). The molecule has 0 aromatic heterocycles. The molecule has 0 amide bonds. The molecule has 98 valence electrons. The van der Waals surface area contributed by atoms with Gasteiger partial charge in [0.05, 0.1) is 18.7 Å². The zero-order chi connectivity index (χ0) is 12.3. The molecule has 2 aliphatic rings. The Kier molecular flexibility index (Phi) is 4.33. The summed E-state index contributed by atoms with van der Waals surface area (Å²) in [5.74, 6) is -0.576. The maximum atomic E-state index is 11.0. The Bertz CT molecular complexity index is 274. The van der Waals surface area contributed by atoms with Crippen LogP contribution in [0.1, 0.15) is 25.7 Å². The second-order valence-corrected chi connectivity index (χ2v) is 4.79. The van der Waals surface area contributed by atoms with E-state index in [4.69, 9.17) is 14.7 Å². The highest BCUT2D eigenvalue weighted by Gasteiger charge is 2.35. The van der Waals surface area contributed by atoms with Gasteiger partial charge in [0.1, 0.15) is 0 Å². The van der Waals surface area contributed by atoms with E-state index in [1.54, 1.807) is 7.11 Å². The molecule has 3 N–H and O–H groups in total. The lowest BCUT2D eigenvalue weighted by atomic mass is 9.80. The molecule has 17 heavy (non-hydrogen) atoms. The Balaban J connectivity index is 1.84. The average molecular weight is 244 g/mol. The van der Waals surface area contributed by atoms with Crippen LogP contribution in [0.5, 0.6) is 0 Å². The maximum Gasteiger partial charge on any atom is 0.306 e. The molecule has 2 fully saturated rings. The molecular weight excluding hydrogens is 224 g/mol. The van der Waals surface area contributed by atoms with Gasteiger partial charge in [0.2, 0.25) is 0 Å². The summed E-state index contributed by atoms with van der Waals surface area (Å²) in [4.78, 5) is 16.3. The van der Waals surface area contributed by atoms with E-state index in [9.17, 15) is 4.79 Å². The van der Waals surface area contributed by atoms with E-state index >= 15 is 0 Å². The van der Waals surface area contributed by atoms with Crippen molar-refractivity contribution in [2.45, 2.75) is 38.1 Å². The highest BCUT2D eigenvalue weighted by atomic mass is 16.7. The van der Waals surface area contributed by atoms with Crippen LogP contribution in [0.15, 0.2) is 0 Å². The Morgan fingerprint density at radius 1 is 1.53 bits per heavy atom. The third kappa shape index (κ3) is 3.16. The van der Waals surface area contributed by atoms with E-state index in [-0.39, 0.29) is 18.3 Å². The van der Waals surface area contributed by atoms with Crippen LogP contribution in [0.25, 0.3) is 0 Å². The first-order chi connectivity index (χ1) is 8.20. The molecule has 0 aromatic rings. The number of methoxy groups -OCH3 is 1. The zero-order valence-electron chi connectivity index (χ0n) is 10.0. The fourth-order valence-electron chi connectivity index (χ4n) is 2.64.